The van der Waals surface area contributed by atoms with Crippen molar-refractivity contribution < 1.29 is 91.9 Å². The Bertz CT molecular complexity index is 2760. The van der Waals surface area contributed by atoms with Gasteiger partial charge in [0.05, 0.1) is 75.5 Å². The van der Waals surface area contributed by atoms with E-state index in [4.69, 9.17) is 32.1 Å². The average Bonchev–Trinajstić information content (AvgIpc) is 1.63. The number of H-pyrrole nitrogens is 1. The van der Waals surface area contributed by atoms with E-state index >= 15 is 0 Å². The van der Waals surface area contributed by atoms with E-state index in [0.717, 1.165) is 12.2 Å². The second kappa shape index (κ2) is 39.3. The van der Waals surface area contributed by atoms with Crippen LogP contribution in [0.25, 0.3) is 0 Å². The normalized spacial score (nSPS) is 14.8. The van der Waals surface area contributed by atoms with E-state index < -0.39 is 188 Å². The number of aromatic amines is 1. The number of carbonyl (C=O) groups excluding carboxylic acids is 13. The average molecular weight is 1310 g/mol. The summed E-state index contributed by atoms with van der Waals surface area (Å²) in [6.45, 7) is 7.23. The van der Waals surface area contributed by atoms with Crippen LogP contribution in [0.4, 0.5) is 0 Å². The Morgan fingerprint density at radius 3 is 1.67 bits per heavy atom. The fraction of sp³-hybridized carbons (Fsp3) is 0.636. The van der Waals surface area contributed by atoms with E-state index in [0.29, 0.717) is 24.3 Å². The number of primary amides is 1. The first-order chi connectivity index (χ1) is 43.2. The Hall–Kier alpha value is -9.04. The van der Waals surface area contributed by atoms with Crippen molar-refractivity contribution in [1.82, 2.24) is 73.4 Å². The monoisotopic (exact) mass is 1310 g/mol. The number of aromatic nitrogens is 2. The molecule has 0 saturated carbocycles. The van der Waals surface area contributed by atoms with Gasteiger partial charge >= 0.3 is 5.97 Å². The first kappa shape index (κ1) is 79.1. The molecule has 1 aromatic rings. The van der Waals surface area contributed by atoms with Crippen LogP contribution in [0.15, 0.2) is 24.7 Å². The lowest BCUT2D eigenvalue weighted by Crippen LogP contribution is -2.61. The number of aliphatic hydroxyl groups excluding tert-OH is 2. The molecule has 2 heterocycles. The highest BCUT2D eigenvalue weighted by atomic mass is 16.5. The van der Waals surface area contributed by atoms with Gasteiger partial charge in [-0.25, -0.2) is 4.98 Å². The first-order valence-corrected chi connectivity index (χ1v) is 29.3. The van der Waals surface area contributed by atoms with E-state index in [2.05, 4.69) is 68.5 Å². The van der Waals surface area contributed by atoms with Crippen molar-refractivity contribution in [1.29, 1.82) is 5.41 Å². The Balaban J connectivity index is 2.23. The third-order valence-electron chi connectivity index (χ3n) is 13.8. The number of aliphatic hydroxyl groups is 2. The summed E-state index contributed by atoms with van der Waals surface area (Å²) in [7, 11) is 1.59. The third-order valence-corrected chi connectivity index (χ3v) is 13.8. The van der Waals surface area contributed by atoms with Crippen molar-refractivity contribution in [3.63, 3.8) is 0 Å². The fourth-order valence-electron chi connectivity index (χ4n) is 8.45. The maximum absolute atomic E-state index is 13.9. The highest BCUT2D eigenvalue weighted by Crippen LogP contribution is 2.19. The second-order valence-corrected chi connectivity index (χ2v) is 22.8. The van der Waals surface area contributed by atoms with Crippen LogP contribution >= 0.6 is 0 Å². The molecule has 2 rings (SSSR count). The molecule has 0 saturated heterocycles. The van der Waals surface area contributed by atoms with E-state index in [1.165, 1.54) is 12.5 Å². The number of carbonyl (C=O) groups is 14. The number of nitrogens with zero attached hydrogens (tertiary/aromatic N) is 2. The van der Waals surface area contributed by atoms with Crippen LogP contribution in [0, 0.1) is 11.3 Å². The summed E-state index contributed by atoms with van der Waals surface area (Å²) in [5, 5.41) is 63.4. The van der Waals surface area contributed by atoms with Gasteiger partial charge in [0, 0.05) is 45.0 Å². The molecule has 37 heteroatoms. The second-order valence-electron chi connectivity index (χ2n) is 22.8. The molecule has 0 unspecified atom stereocenters. The van der Waals surface area contributed by atoms with Crippen LogP contribution in [-0.2, 0) is 83.0 Å². The number of imidazole rings is 1. The third kappa shape index (κ3) is 29.3. The van der Waals surface area contributed by atoms with E-state index in [-0.39, 0.29) is 62.8 Å². The van der Waals surface area contributed by atoms with Crippen LogP contribution in [0.2, 0.25) is 0 Å². The summed E-state index contributed by atoms with van der Waals surface area (Å²) >= 11 is 0. The number of ether oxygens (including phenoxy) is 2. The number of hydrogen-bond donors (Lipinski definition) is 19. The lowest BCUT2D eigenvalue weighted by molar-refractivity contribution is -0.145. The fourth-order valence-corrected chi connectivity index (χ4v) is 8.45. The number of amides is 13. The zero-order chi connectivity index (χ0) is 69.5. The number of carboxylic acid groups (broad SMARTS) is 1. The summed E-state index contributed by atoms with van der Waals surface area (Å²) in [5.41, 5.74) is 15.7. The van der Waals surface area contributed by atoms with Crippen LogP contribution in [0.3, 0.4) is 0 Å². The predicted molar refractivity (Wildman–Crippen MR) is 323 cm³/mol. The Labute approximate surface area is 530 Å². The standard InChI is InChI=1S/C55H90N18O19/c1-29(2)17-32(70-53(90)38(21-56)73-43(79)10-11-44(73)80)49(86)71-36(26-74)47(84)64-25-42(78)66-31(9-8-14-60-23-39(57)58)48(85)72-37(27-75)52(89)69-35(20-45(81)82)51(88)68-34(19-40(59)76)50(87)67-33(18-30-22-61-28-65-30)46(83)63-24-41(77)62-15-12-55(5,6)92-16-13-54(3,4)91-7/h10-11,22,28-29,31-38,60,74-75H,8-9,12-21,23-27,56H2,1-7H3,(H3,57,58)(H2,59,76)(H,61,65)(H,62,77)(H,63,83)(H,64,84)(H,66,78)(H,67,87)(H,68,88)(H,69,89)(H,70,90)(H,71,86)(H,72,85)(H,81,82)/t31-,32-,33-,34-,35-,36-,37-,38-/m0/s1. The molecule has 22 N–H and O–H groups in total. The highest BCUT2D eigenvalue weighted by Gasteiger charge is 2.39. The van der Waals surface area contributed by atoms with E-state index in [1.807, 2.05) is 27.7 Å². The van der Waals surface area contributed by atoms with Crippen molar-refractivity contribution in [2.45, 2.75) is 152 Å². The first-order valence-electron chi connectivity index (χ1n) is 29.3. The molecule has 1 aliphatic heterocycles. The van der Waals surface area contributed by atoms with Crippen LogP contribution in [-0.4, -0.2) is 245 Å². The molecule has 514 valence electrons. The van der Waals surface area contributed by atoms with E-state index in [9.17, 15) is 82.4 Å². The zero-order valence-corrected chi connectivity index (χ0v) is 52.5. The van der Waals surface area contributed by atoms with Gasteiger partial charge in [-0.1, -0.05) is 13.8 Å². The molecule has 13 amide bonds. The van der Waals surface area contributed by atoms with E-state index in [1.54, 1.807) is 21.0 Å². The molecule has 0 spiro atoms. The van der Waals surface area contributed by atoms with Gasteiger partial charge in [-0.2, -0.15) is 0 Å². The molecule has 92 heavy (non-hydrogen) atoms. The summed E-state index contributed by atoms with van der Waals surface area (Å²) in [4.78, 5) is 191. The van der Waals surface area contributed by atoms with Crippen molar-refractivity contribution in [2.24, 2.45) is 23.1 Å². The number of imide groups is 1. The van der Waals surface area contributed by atoms with Crippen LogP contribution in [0.1, 0.15) is 92.2 Å². The number of rotatable bonds is 45. The van der Waals surface area contributed by atoms with Crippen molar-refractivity contribution in [3.8, 4) is 0 Å². The summed E-state index contributed by atoms with van der Waals surface area (Å²) in [6, 6.07) is -13.8. The van der Waals surface area contributed by atoms with Gasteiger partial charge in [0.2, 0.25) is 65.0 Å². The lowest BCUT2D eigenvalue weighted by atomic mass is 10.0. The zero-order valence-electron chi connectivity index (χ0n) is 52.5. The number of carboxylic acids is 1. The van der Waals surface area contributed by atoms with Gasteiger partial charge < -0.3 is 105 Å². The summed E-state index contributed by atoms with van der Waals surface area (Å²) in [5.74, 6) is -15.9. The molecule has 0 aliphatic carbocycles. The van der Waals surface area contributed by atoms with Gasteiger partial charge in [0.25, 0.3) is 11.8 Å². The molecule has 0 fully saturated rings. The Morgan fingerprint density at radius 2 is 1.15 bits per heavy atom. The minimum atomic E-state index is -2.12. The van der Waals surface area contributed by atoms with Gasteiger partial charge in [0.1, 0.15) is 54.2 Å². The number of methoxy groups -OCH3 is 1. The molecular formula is C55H90N18O19. The molecule has 0 aromatic carbocycles. The molecule has 37 nitrogen and oxygen atoms in total. The number of aliphatic carboxylic acids is 1. The summed E-state index contributed by atoms with van der Waals surface area (Å²) < 4.78 is 11.4. The Kier molecular flexibility index (Phi) is 33.7. The maximum atomic E-state index is 13.9. The van der Waals surface area contributed by atoms with Crippen molar-refractivity contribution in [2.75, 3.05) is 66.2 Å². The van der Waals surface area contributed by atoms with Gasteiger partial charge in [0.15, 0.2) is 0 Å². The number of nitrogens with two attached hydrogens (primary N) is 3. The lowest BCUT2D eigenvalue weighted by Gasteiger charge is -2.29. The Morgan fingerprint density at radius 1 is 0.641 bits per heavy atom. The topological polar surface area (TPSA) is 584 Å². The molecule has 0 bridgehead atoms. The number of nitrogens with one attached hydrogen (secondary N) is 13. The van der Waals surface area contributed by atoms with Gasteiger partial charge in [-0.3, -0.25) is 77.4 Å². The van der Waals surface area contributed by atoms with Gasteiger partial charge in [-0.05, 0) is 72.3 Å². The molecule has 8 atom stereocenters. The van der Waals surface area contributed by atoms with Crippen molar-refractivity contribution in [3.05, 3.63) is 30.4 Å². The molecule has 0 radical (unpaired) electrons. The molecule has 1 aromatic heterocycles. The highest BCUT2D eigenvalue weighted by molar-refractivity contribution is 6.15. The summed E-state index contributed by atoms with van der Waals surface area (Å²) in [6.07, 6.45) is 2.86. The maximum Gasteiger partial charge on any atom is 0.305 e. The predicted octanol–water partition coefficient (Wildman–Crippen LogP) is -8.37. The van der Waals surface area contributed by atoms with Crippen molar-refractivity contribution >= 4 is 88.6 Å². The largest absolute Gasteiger partial charge is 0.481 e. The van der Waals surface area contributed by atoms with Crippen LogP contribution in [0.5, 0.6) is 0 Å². The quantitative estimate of drug-likeness (QED) is 0.0125. The van der Waals surface area contributed by atoms with Gasteiger partial charge in [-0.15, -0.1) is 0 Å². The number of amidine groups is 1. The SMILES string of the molecule is COC(C)(C)CCOC(C)(C)CCNC(=O)CNC(=O)[C@H](Cc1c[nH]cn1)NC(=O)[C@H](CC(N)=O)NC(=O)[C@H](CC(=O)O)NC(=O)[C@H](CO)NC(=O)[C@H](CCCNCC(=N)N)NC(=O)CNC(=O)[C@H](CO)NC(=O)[C@H](CC(C)C)NC(=O)[C@H](CN)N1C(=O)C=CC1=O. The minimum absolute atomic E-state index is 0.0424. The molecular weight excluding hydrogens is 1220 g/mol. The smallest absolute Gasteiger partial charge is 0.305 e. The minimum Gasteiger partial charge on any atom is -0.481 e. The number of hydrogen-bond acceptors (Lipinski definition) is 22. The van der Waals surface area contributed by atoms with Crippen LogP contribution < -0.4 is 75.7 Å². The molecule has 1 aliphatic rings.